The maximum Gasteiger partial charge on any atom is 0.130 e. The molecular formula is C14H20N2OS. The summed E-state index contributed by atoms with van der Waals surface area (Å²) in [5.74, 6) is 0.914. The average molecular weight is 264 g/mol. The molecular weight excluding hydrogens is 244 g/mol. The van der Waals surface area contributed by atoms with E-state index in [9.17, 15) is 5.11 Å². The van der Waals surface area contributed by atoms with E-state index in [-0.39, 0.29) is 5.41 Å². The van der Waals surface area contributed by atoms with Gasteiger partial charge in [-0.15, -0.1) is 11.3 Å². The van der Waals surface area contributed by atoms with Crippen LogP contribution in [-0.4, -0.2) is 14.7 Å². The van der Waals surface area contributed by atoms with E-state index in [2.05, 4.69) is 31.8 Å². The van der Waals surface area contributed by atoms with Gasteiger partial charge in [-0.2, -0.15) is 0 Å². The van der Waals surface area contributed by atoms with Crippen LogP contribution < -0.4 is 0 Å². The lowest BCUT2D eigenvalue weighted by atomic mass is 9.95. The largest absolute Gasteiger partial charge is 0.381 e. The Balaban J connectivity index is 2.32. The van der Waals surface area contributed by atoms with Gasteiger partial charge in [-0.05, 0) is 24.5 Å². The number of aliphatic hydroxyl groups excluding tert-OH is 1. The van der Waals surface area contributed by atoms with E-state index in [1.165, 1.54) is 4.88 Å². The summed E-state index contributed by atoms with van der Waals surface area (Å²) in [7, 11) is 1.93. The van der Waals surface area contributed by atoms with Gasteiger partial charge in [0.25, 0.3) is 0 Å². The van der Waals surface area contributed by atoms with Crippen LogP contribution >= 0.6 is 11.3 Å². The highest BCUT2D eigenvalue weighted by Crippen LogP contribution is 2.34. The second-order valence-electron chi connectivity index (χ2n) is 5.64. The molecule has 0 radical (unpaired) electrons. The maximum absolute atomic E-state index is 10.4. The highest BCUT2D eigenvalue weighted by atomic mass is 32.1. The fourth-order valence-electron chi connectivity index (χ4n) is 1.82. The van der Waals surface area contributed by atoms with Gasteiger partial charge in [-0.25, -0.2) is 4.98 Å². The molecule has 0 spiro atoms. The molecule has 2 aromatic heterocycles. The van der Waals surface area contributed by atoms with Gasteiger partial charge in [0.15, 0.2) is 0 Å². The topological polar surface area (TPSA) is 38.1 Å². The SMILES string of the molecule is Cc1ncc(C(O)c2ccc(C(C)(C)C)s2)n1C. The molecule has 4 heteroatoms. The van der Waals surface area contributed by atoms with E-state index in [4.69, 9.17) is 0 Å². The van der Waals surface area contributed by atoms with Crippen LogP contribution in [0, 0.1) is 6.92 Å². The van der Waals surface area contributed by atoms with E-state index < -0.39 is 6.10 Å². The van der Waals surface area contributed by atoms with E-state index in [1.807, 2.05) is 24.6 Å². The van der Waals surface area contributed by atoms with Crippen molar-refractivity contribution >= 4 is 11.3 Å². The lowest BCUT2D eigenvalue weighted by Crippen LogP contribution is -2.08. The fourth-order valence-corrected chi connectivity index (χ4v) is 2.89. The van der Waals surface area contributed by atoms with Gasteiger partial charge < -0.3 is 9.67 Å². The van der Waals surface area contributed by atoms with Crippen LogP contribution in [0.25, 0.3) is 0 Å². The summed E-state index contributed by atoms with van der Waals surface area (Å²) >= 11 is 1.67. The highest BCUT2D eigenvalue weighted by Gasteiger charge is 2.21. The molecule has 0 fully saturated rings. The predicted molar refractivity (Wildman–Crippen MR) is 75.0 cm³/mol. The van der Waals surface area contributed by atoms with Crippen LogP contribution in [0.1, 0.15) is 48.1 Å². The minimum Gasteiger partial charge on any atom is -0.381 e. The molecule has 2 heterocycles. The maximum atomic E-state index is 10.4. The van der Waals surface area contributed by atoms with Crippen LogP contribution in [0.3, 0.4) is 0 Å². The standard InChI is InChI=1S/C14H20N2OS/c1-9-15-8-10(16(9)5)13(17)11-6-7-12(18-11)14(2,3)4/h6-8,13,17H,1-5H3. The molecule has 98 valence electrons. The molecule has 1 N–H and O–H groups in total. The van der Waals surface area contributed by atoms with E-state index in [0.717, 1.165) is 16.4 Å². The monoisotopic (exact) mass is 264 g/mol. The first-order valence-corrected chi connectivity index (χ1v) is 6.89. The zero-order valence-electron chi connectivity index (χ0n) is 11.6. The van der Waals surface area contributed by atoms with Gasteiger partial charge >= 0.3 is 0 Å². The van der Waals surface area contributed by atoms with Gasteiger partial charge in [-0.1, -0.05) is 20.8 Å². The molecule has 0 amide bonds. The summed E-state index contributed by atoms with van der Waals surface area (Å²) in [6.45, 7) is 8.49. The first-order chi connectivity index (χ1) is 8.30. The van der Waals surface area contributed by atoms with Crippen molar-refractivity contribution in [2.24, 2.45) is 7.05 Å². The van der Waals surface area contributed by atoms with Crippen molar-refractivity contribution in [3.8, 4) is 0 Å². The van der Waals surface area contributed by atoms with Gasteiger partial charge in [0, 0.05) is 16.8 Å². The number of aromatic nitrogens is 2. The van der Waals surface area contributed by atoms with E-state index >= 15 is 0 Å². The van der Waals surface area contributed by atoms with Gasteiger partial charge in [-0.3, -0.25) is 0 Å². The molecule has 0 saturated carbocycles. The summed E-state index contributed by atoms with van der Waals surface area (Å²) in [6, 6.07) is 4.12. The van der Waals surface area contributed by atoms with Crippen molar-refractivity contribution in [2.45, 2.75) is 39.2 Å². The quantitative estimate of drug-likeness (QED) is 0.904. The first kappa shape index (κ1) is 13.3. The zero-order chi connectivity index (χ0) is 13.5. The van der Waals surface area contributed by atoms with Crippen LogP contribution in [0.5, 0.6) is 0 Å². The Kier molecular flexibility index (Phi) is 3.34. The summed E-state index contributed by atoms with van der Waals surface area (Å²) < 4.78 is 1.93. The predicted octanol–water partition coefficient (Wildman–Crippen LogP) is 3.17. The number of imidazole rings is 1. The molecule has 0 aromatic carbocycles. The smallest absolute Gasteiger partial charge is 0.130 e. The molecule has 1 unspecified atom stereocenters. The highest BCUT2D eigenvalue weighted by molar-refractivity contribution is 7.12. The fraction of sp³-hybridized carbons (Fsp3) is 0.500. The van der Waals surface area contributed by atoms with Crippen molar-refractivity contribution in [3.63, 3.8) is 0 Å². The molecule has 2 aromatic rings. The number of hydrogen-bond acceptors (Lipinski definition) is 3. The number of rotatable bonds is 2. The minimum atomic E-state index is -0.586. The van der Waals surface area contributed by atoms with Crippen LogP contribution in [0.15, 0.2) is 18.3 Å². The third kappa shape index (κ3) is 2.35. The molecule has 1 atom stereocenters. The first-order valence-electron chi connectivity index (χ1n) is 6.07. The van der Waals surface area contributed by atoms with Gasteiger partial charge in [0.2, 0.25) is 0 Å². The molecule has 0 aliphatic rings. The van der Waals surface area contributed by atoms with Crippen molar-refractivity contribution in [1.29, 1.82) is 0 Å². The molecule has 0 saturated heterocycles. The molecule has 3 nitrogen and oxygen atoms in total. The average Bonchev–Trinajstić information content (AvgIpc) is 2.86. The Labute approximate surface area is 112 Å². The number of thiophene rings is 1. The number of aryl methyl sites for hydroxylation is 1. The molecule has 18 heavy (non-hydrogen) atoms. The second kappa shape index (κ2) is 4.52. The van der Waals surface area contributed by atoms with Crippen molar-refractivity contribution in [1.82, 2.24) is 9.55 Å². The zero-order valence-corrected chi connectivity index (χ0v) is 12.4. The molecule has 0 bridgehead atoms. The second-order valence-corrected chi connectivity index (χ2v) is 6.76. The van der Waals surface area contributed by atoms with Crippen LogP contribution in [0.4, 0.5) is 0 Å². The molecule has 2 rings (SSSR count). The normalized spacial score (nSPS) is 13.9. The Morgan fingerprint density at radius 2 is 2.00 bits per heavy atom. The summed E-state index contributed by atoms with van der Waals surface area (Å²) in [5.41, 5.74) is 0.972. The third-order valence-corrected chi connectivity index (χ3v) is 4.74. The molecule has 0 aliphatic heterocycles. The van der Waals surface area contributed by atoms with Crippen LogP contribution in [0.2, 0.25) is 0 Å². The lowest BCUT2D eigenvalue weighted by Gasteiger charge is -2.16. The van der Waals surface area contributed by atoms with Gasteiger partial charge in [0.1, 0.15) is 11.9 Å². The van der Waals surface area contributed by atoms with Crippen molar-refractivity contribution < 1.29 is 5.11 Å². The Bertz CT molecular complexity index is 548. The number of nitrogens with zero attached hydrogens (tertiary/aromatic N) is 2. The Morgan fingerprint density at radius 1 is 1.33 bits per heavy atom. The number of hydrogen-bond donors (Lipinski definition) is 1. The van der Waals surface area contributed by atoms with E-state index in [0.29, 0.717) is 0 Å². The number of aliphatic hydroxyl groups is 1. The van der Waals surface area contributed by atoms with Crippen molar-refractivity contribution in [2.75, 3.05) is 0 Å². The summed E-state index contributed by atoms with van der Waals surface area (Å²) in [6.07, 6.45) is 1.16. The summed E-state index contributed by atoms with van der Waals surface area (Å²) in [5, 5.41) is 10.4. The minimum absolute atomic E-state index is 0.130. The van der Waals surface area contributed by atoms with Crippen molar-refractivity contribution in [3.05, 3.63) is 39.6 Å². The lowest BCUT2D eigenvalue weighted by molar-refractivity contribution is 0.215. The summed E-state index contributed by atoms with van der Waals surface area (Å²) in [4.78, 5) is 6.49. The Hall–Kier alpha value is -1.13. The van der Waals surface area contributed by atoms with E-state index in [1.54, 1.807) is 17.5 Å². The molecule has 0 aliphatic carbocycles. The third-order valence-electron chi connectivity index (χ3n) is 3.17. The van der Waals surface area contributed by atoms with Crippen LogP contribution in [-0.2, 0) is 12.5 Å². The van der Waals surface area contributed by atoms with Gasteiger partial charge in [0.05, 0.1) is 11.9 Å². The Morgan fingerprint density at radius 3 is 2.44 bits per heavy atom.